The highest BCUT2D eigenvalue weighted by atomic mass is 35.5. The molecule has 1 saturated heterocycles. The van der Waals surface area contributed by atoms with Crippen molar-refractivity contribution in [1.29, 1.82) is 5.41 Å². The monoisotopic (exact) mass is 555 g/mol. The summed E-state index contributed by atoms with van der Waals surface area (Å²) in [6, 6.07) is 11.8. The fourth-order valence-electron chi connectivity index (χ4n) is 3.84. The minimum absolute atomic E-state index is 0.0217. The van der Waals surface area contributed by atoms with Crippen LogP contribution in [-0.4, -0.2) is 65.6 Å². The van der Waals surface area contributed by atoms with Crippen LogP contribution in [-0.2, 0) is 11.3 Å². The lowest BCUT2D eigenvalue weighted by Gasteiger charge is -2.35. The van der Waals surface area contributed by atoms with E-state index in [-0.39, 0.29) is 28.8 Å². The number of nitrogens with two attached hydrogens (primary N) is 1. The summed E-state index contributed by atoms with van der Waals surface area (Å²) < 4.78 is 5.45. The molecule has 0 radical (unpaired) electrons. The molecule has 4 N–H and O–H groups in total. The first-order valence-electron chi connectivity index (χ1n) is 12.9. The number of allylic oxidation sites excluding steroid dienone is 1. The molecule has 3 rings (SSSR count). The van der Waals surface area contributed by atoms with E-state index in [1.807, 2.05) is 40.7 Å². The van der Waals surface area contributed by atoms with Gasteiger partial charge < -0.3 is 26.1 Å². The average molecular weight is 556 g/mol. The average Bonchev–Trinajstić information content (AvgIpc) is 2.91. The largest absolute Gasteiger partial charge is 0.444 e. The molecule has 0 aromatic heterocycles. The molecule has 2 aromatic rings. The van der Waals surface area contributed by atoms with E-state index in [0.29, 0.717) is 43.3 Å². The summed E-state index contributed by atoms with van der Waals surface area (Å²) in [7, 11) is 0. The standard InChI is InChI=1S/C27H32ClN5O4.C2H6/c1-27(2,3)37-26(36)33-11-9-32(10-12-33)17-18-5-4-6-19(13-18)25(35)31-23-8-7-21(28)14-22(23)24(34)20(15-29)16-30;1-2/h4-8,13-16,29H,9-12,17,30H2,1-3H3,(H,31,35);1-2H3/b20-16+,29-15?;. The van der Waals surface area contributed by atoms with Crippen molar-refractivity contribution in [3.8, 4) is 0 Å². The Morgan fingerprint density at radius 3 is 2.33 bits per heavy atom. The Hall–Kier alpha value is -3.69. The van der Waals surface area contributed by atoms with Gasteiger partial charge in [-0.25, -0.2) is 4.79 Å². The molecule has 0 unspecified atom stereocenters. The Bertz CT molecular complexity index is 1210. The van der Waals surface area contributed by atoms with Crippen LogP contribution in [0.25, 0.3) is 0 Å². The van der Waals surface area contributed by atoms with Crippen molar-refractivity contribution in [3.63, 3.8) is 0 Å². The number of Topliss-reactive ketones (excluding diaryl/α,β-unsaturated/α-hetero) is 1. The minimum Gasteiger partial charge on any atom is -0.444 e. The number of nitrogens with zero attached hydrogens (tertiary/aromatic N) is 2. The van der Waals surface area contributed by atoms with Gasteiger partial charge >= 0.3 is 6.09 Å². The lowest BCUT2D eigenvalue weighted by molar-refractivity contribution is 0.0139. The number of rotatable bonds is 7. The van der Waals surface area contributed by atoms with Crippen molar-refractivity contribution in [1.82, 2.24) is 9.80 Å². The number of ether oxygens (including phenoxy) is 1. The molecule has 10 heteroatoms. The molecule has 0 aliphatic carbocycles. The number of amides is 2. The minimum atomic E-state index is -0.529. The number of carbonyl (C=O) groups is 3. The van der Waals surface area contributed by atoms with Crippen molar-refractivity contribution in [3.05, 3.63) is 76.0 Å². The molecule has 210 valence electrons. The highest BCUT2D eigenvalue weighted by molar-refractivity contribution is 6.32. The van der Waals surface area contributed by atoms with Crippen LogP contribution in [0.2, 0.25) is 5.02 Å². The molecule has 2 aromatic carbocycles. The van der Waals surface area contributed by atoms with E-state index in [9.17, 15) is 14.4 Å². The number of carbonyl (C=O) groups excluding carboxylic acids is 3. The molecular formula is C29H38ClN5O4. The molecule has 1 heterocycles. The van der Waals surface area contributed by atoms with Gasteiger partial charge in [-0.3, -0.25) is 14.5 Å². The van der Waals surface area contributed by atoms with Gasteiger partial charge in [-0.15, -0.1) is 0 Å². The third-order valence-corrected chi connectivity index (χ3v) is 5.93. The van der Waals surface area contributed by atoms with Gasteiger partial charge in [0, 0.05) is 61.3 Å². The summed E-state index contributed by atoms with van der Waals surface area (Å²) in [5.41, 5.74) is 6.69. The zero-order valence-corrected chi connectivity index (χ0v) is 24.0. The van der Waals surface area contributed by atoms with Gasteiger partial charge in [0.15, 0.2) is 5.78 Å². The van der Waals surface area contributed by atoms with E-state index in [2.05, 4.69) is 10.2 Å². The normalized spacial score (nSPS) is 14.1. The zero-order chi connectivity index (χ0) is 29.2. The predicted octanol–water partition coefficient (Wildman–Crippen LogP) is 5.35. The van der Waals surface area contributed by atoms with Gasteiger partial charge in [-0.05, 0) is 56.7 Å². The molecular weight excluding hydrogens is 518 g/mol. The van der Waals surface area contributed by atoms with Crippen LogP contribution in [0.4, 0.5) is 10.5 Å². The quantitative estimate of drug-likeness (QED) is 0.240. The second kappa shape index (κ2) is 14.5. The number of anilines is 1. The molecule has 39 heavy (non-hydrogen) atoms. The molecule has 1 aliphatic heterocycles. The maximum absolute atomic E-state index is 13.0. The van der Waals surface area contributed by atoms with Crippen LogP contribution in [0.5, 0.6) is 0 Å². The molecule has 2 amide bonds. The van der Waals surface area contributed by atoms with Crippen LogP contribution in [0.15, 0.2) is 54.2 Å². The molecule has 9 nitrogen and oxygen atoms in total. The lowest BCUT2D eigenvalue weighted by atomic mass is 10.0. The van der Waals surface area contributed by atoms with Gasteiger partial charge in [-0.2, -0.15) is 0 Å². The first-order chi connectivity index (χ1) is 18.5. The van der Waals surface area contributed by atoms with E-state index in [4.69, 9.17) is 27.5 Å². The van der Waals surface area contributed by atoms with E-state index in [0.717, 1.165) is 18.0 Å². The number of hydrogen-bond acceptors (Lipinski definition) is 7. The van der Waals surface area contributed by atoms with E-state index in [1.165, 1.54) is 6.07 Å². The van der Waals surface area contributed by atoms with E-state index < -0.39 is 11.4 Å². The molecule has 0 spiro atoms. The fourth-order valence-corrected chi connectivity index (χ4v) is 4.01. The number of halogens is 1. The Morgan fingerprint density at radius 2 is 1.74 bits per heavy atom. The topological polar surface area (TPSA) is 129 Å². The van der Waals surface area contributed by atoms with Gasteiger partial charge in [0.25, 0.3) is 5.91 Å². The Labute approximate surface area is 235 Å². The van der Waals surface area contributed by atoms with Crippen molar-refractivity contribution < 1.29 is 19.1 Å². The number of piperazine rings is 1. The van der Waals surface area contributed by atoms with Crippen LogP contribution in [0.1, 0.15) is 60.9 Å². The maximum atomic E-state index is 13.0. The summed E-state index contributed by atoms with van der Waals surface area (Å²) in [6.07, 6.45) is 1.59. The van der Waals surface area contributed by atoms with Gasteiger partial charge in [0.05, 0.1) is 11.3 Å². The van der Waals surface area contributed by atoms with Crippen LogP contribution in [0.3, 0.4) is 0 Å². The molecule has 1 aliphatic rings. The summed E-state index contributed by atoms with van der Waals surface area (Å²) >= 11 is 6.07. The van der Waals surface area contributed by atoms with Gasteiger partial charge in [0.2, 0.25) is 0 Å². The third-order valence-electron chi connectivity index (χ3n) is 5.69. The van der Waals surface area contributed by atoms with Crippen LogP contribution >= 0.6 is 11.6 Å². The van der Waals surface area contributed by atoms with Crippen molar-refractivity contribution in [2.75, 3.05) is 31.5 Å². The number of nitrogens with one attached hydrogen (secondary N) is 2. The van der Waals surface area contributed by atoms with Gasteiger partial charge in [0.1, 0.15) is 5.60 Å². The smallest absolute Gasteiger partial charge is 0.410 e. The second-order valence-electron chi connectivity index (χ2n) is 9.68. The van der Waals surface area contributed by atoms with Crippen LogP contribution < -0.4 is 11.1 Å². The van der Waals surface area contributed by atoms with Gasteiger partial charge in [-0.1, -0.05) is 37.6 Å². The third kappa shape index (κ3) is 9.23. The number of benzene rings is 2. The van der Waals surface area contributed by atoms with E-state index in [1.54, 1.807) is 35.2 Å². The first-order valence-corrected chi connectivity index (χ1v) is 13.3. The maximum Gasteiger partial charge on any atom is 0.410 e. The summed E-state index contributed by atoms with van der Waals surface area (Å²) in [5, 5.41) is 10.5. The highest BCUT2D eigenvalue weighted by Crippen LogP contribution is 2.24. The summed E-state index contributed by atoms with van der Waals surface area (Å²) in [5.74, 6) is -0.907. The highest BCUT2D eigenvalue weighted by Gasteiger charge is 2.26. The van der Waals surface area contributed by atoms with E-state index >= 15 is 0 Å². The fraction of sp³-hybridized carbons (Fsp3) is 0.379. The lowest BCUT2D eigenvalue weighted by Crippen LogP contribution is -2.49. The van der Waals surface area contributed by atoms with Crippen molar-refractivity contribution in [2.24, 2.45) is 5.73 Å². The predicted molar refractivity (Wildman–Crippen MR) is 156 cm³/mol. The molecule has 0 saturated carbocycles. The molecule has 0 bridgehead atoms. The summed E-state index contributed by atoms with van der Waals surface area (Å²) in [6.45, 7) is 12.7. The Morgan fingerprint density at radius 1 is 1.08 bits per heavy atom. The Balaban J connectivity index is 0.00000260. The van der Waals surface area contributed by atoms with Crippen LogP contribution in [0, 0.1) is 5.41 Å². The van der Waals surface area contributed by atoms with Crippen molar-refractivity contribution >= 4 is 41.3 Å². The number of ketones is 1. The Kier molecular flexibility index (Phi) is 11.7. The second-order valence-corrected chi connectivity index (χ2v) is 10.1. The SMILES string of the molecule is CC.CC(C)(C)OC(=O)N1CCN(Cc2cccc(C(=O)Nc3ccc(Cl)cc3C(=O)/C(C=N)=C/N)c2)CC1. The number of hydrogen-bond donors (Lipinski definition) is 3. The molecule has 1 fully saturated rings. The zero-order valence-electron chi connectivity index (χ0n) is 23.2. The first kappa shape index (κ1) is 31.5. The summed E-state index contributed by atoms with van der Waals surface area (Å²) in [4.78, 5) is 42.0. The van der Waals surface area contributed by atoms with Crippen molar-refractivity contribution in [2.45, 2.75) is 46.8 Å². The molecule has 0 atom stereocenters.